The summed E-state index contributed by atoms with van der Waals surface area (Å²) in [6, 6.07) is -2.53. The second kappa shape index (κ2) is 20.5. The fourth-order valence-corrected chi connectivity index (χ4v) is 7.04. The second-order valence-corrected chi connectivity index (χ2v) is 17.3. The molecule has 0 spiro atoms. The maximum atomic E-state index is 13.8. The molecule has 0 unspecified atom stereocenters. The molecule has 5 amide bonds. The number of allylic oxidation sites excluding steroid dienone is 5. The third-order valence-electron chi connectivity index (χ3n) is 9.13. The van der Waals surface area contributed by atoms with Crippen molar-refractivity contribution in [3.05, 3.63) is 57.9 Å². The number of carbonyl (C=O) groups excluding carboxylic acids is 5. The van der Waals surface area contributed by atoms with Gasteiger partial charge in [-0.25, -0.2) is 18.0 Å². The van der Waals surface area contributed by atoms with Crippen LogP contribution in [0.4, 0.5) is 9.59 Å². The Morgan fingerprint density at radius 2 is 1.62 bits per heavy atom. The van der Waals surface area contributed by atoms with Crippen LogP contribution in [0.3, 0.4) is 0 Å². The number of hydrogen-bond acceptors (Lipinski definition) is 9. The Morgan fingerprint density at radius 3 is 2.23 bits per heavy atom. The summed E-state index contributed by atoms with van der Waals surface area (Å²) < 4.78 is 38.0. The highest BCUT2D eigenvalue weighted by atomic mass is 32.2. The van der Waals surface area contributed by atoms with E-state index in [9.17, 15) is 32.4 Å². The van der Waals surface area contributed by atoms with Crippen LogP contribution in [0.2, 0.25) is 0 Å². The van der Waals surface area contributed by atoms with E-state index in [2.05, 4.69) is 32.1 Å². The van der Waals surface area contributed by atoms with Crippen LogP contribution in [0.25, 0.3) is 0 Å². The van der Waals surface area contributed by atoms with Crippen LogP contribution < -0.4 is 26.0 Å². The van der Waals surface area contributed by atoms with Gasteiger partial charge in [-0.05, 0) is 55.3 Å². The van der Waals surface area contributed by atoms with Crippen molar-refractivity contribution >= 4 is 39.9 Å². The third-order valence-corrected chi connectivity index (χ3v) is 11.0. The average molecular weight is 763 g/mol. The summed E-state index contributed by atoms with van der Waals surface area (Å²) >= 11 is 0. The molecule has 5 radical (unpaired) electrons. The van der Waals surface area contributed by atoms with E-state index in [1.165, 1.54) is 0 Å². The molecule has 14 nitrogen and oxygen atoms in total. The van der Waals surface area contributed by atoms with Crippen molar-refractivity contribution in [3.63, 3.8) is 0 Å². The monoisotopic (exact) mass is 762 g/mol. The number of alkyl carbamates (subject to hydrolysis) is 2. The summed E-state index contributed by atoms with van der Waals surface area (Å²) in [5.41, 5.74) is -2.63. The number of nitrogens with one attached hydrogen (secondary N) is 5. The van der Waals surface area contributed by atoms with E-state index in [0.29, 0.717) is 19.3 Å². The smallest absolute Gasteiger partial charge is 0.407 e. The highest BCUT2D eigenvalue weighted by Gasteiger charge is 2.61. The van der Waals surface area contributed by atoms with Gasteiger partial charge in [-0.2, -0.15) is 0 Å². The Kier molecular flexibility index (Phi) is 18.3. The lowest BCUT2D eigenvalue weighted by atomic mass is 9.86. The first-order valence-electron chi connectivity index (χ1n) is 17.8. The minimum absolute atomic E-state index is 0. The summed E-state index contributed by atoms with van der Waals surface area (Å²) in [6.07, 6.45) is 14.5. The maximum absolute atomic E-state index is 13.8. The van der Waals surface area contributed by atoms with Crippen molar-refractivity contribution in [1.82, 2.24) is 26.0 Å². The van der Waals surface area contributed by atoms with E-state index in [4.69, 9.17) is 9.47 Å². The van der Waals surface area contributed by atoms with Crippen molar-refractivity contribution in [2.75, 3.05) is 13.2 Å². The molecular formula is C38H60N5O9S. The number of cyclic esters (lactones) is 2. The van der Waals surface area contributed by atoms with Gasteiger partial charge < -0.3 is 30.7 Å². The quantitative estimate of drug-likeness (QED) is 0.255. The lowest BCUT2D eigenvalue weighted by Crippen LogP contribution is -2.60. The van der Waals surface area contributed by atoms with Gasteiger partial charge in [-0.15, -0.1) is 0 Å². The Balaban J connectivity index is 0.00000702. The van der Waals surface area contributed by atoms with E-state index >= 15 is 0 Å². The largest absolute Gasteiger partial charge is 0.449 e. The van der Waals surface area contributed by atoms with Gasteiger partial charge in [0.2, 0.25) is 21.8 Å². The van der Waals surface area contributed by atoms with E-state index in [0.717, 1.165) is 32.3 Å². The molecule has 1 aliphatic heterocycles. The van der Waals surface area contributed by atoms with Crippen molar-refractivity contribution in [2.45, 2.75) is 122 Å². The fourth-order valence-electron chi connectivity index (χ4n) is 5.67. The van der Waals surface area contributed by atoms with Crippen LogP contribution in [-0.2, 0) is 33.9 Å². The van der Waals surface area contributed by atoms with E-state index in [1.54, 1.807) is 32.9 Å². The van der Waals surface area contributed by atoms with Gasteiger partial charge in [-0.1, -0.05) is 106 Å². The van der Waals surface area contributed by atoms with Gasteiger partial charge in [0.25, 0.3) is 5.91 Å². The molecule has 15 heteroatoms. The molecule has 0 aromatic rings. The first-order valence-corrected chi connectivity index (χ1v) is 19.3. The summed E-state index contributed by atoms with van der Waals surface area (Å²) in [4.78, 5) is 66.2. The topological polar surface area (TPSA) is 198 Å². The SMILES string of the molecule is CC[C@@H]1C[C@]1(NC(=O)[C@@H]1C[CH]OC(=O)NCC=CC=CC=CCCCCC(C)(C)COC(=O)N[C@@H](C(C)(C)C)C(=O)N1)C(=O)NS(=O)(=O)C1CC1.[CH2].[CH2]. The third kappa shape index (κ3) is 15.2. The van der Waals surface area contributed by atoms with Gasteiger partial charge >= 0.3 is 12.2 Å². The minimum atomic E-state index is -3.88. The standard InChI is InChI=1S/C36H56N5O9S.2CH2/c1-7-25-23-36(25,31(44)41-51(47,48)26-17-18-26)40-29(42)27-19-22-49-32(45)37-21-16-14-12-10-8-9-11-13-15-20-35(5,6)24-50-33(46)39-28(30(43)38-27)34(2,3)4;;/h8-10,12,14,16,22,25-28H,7,11,13,15,17-21,23-24H2,1-6H3,(H,37,45)(H,38,43)(H,39,46)(H,40,42)(H,41,44);2*1H2/t25-,27+,28-,36-;;/m1../s1. The summed E-state index contributed by atoms with van der Waals surface area (Å²) in [6.45, 7) is 12.4. The Morgan fingerprint density at radius 1 is 0.962 bits per heavy atom. The van der Waals surface area contributed by atoms with Gasteiger partial charge in [0, 0.05) is 13.0 Å². The first-order chi connectivity index (χ1) is 23.9. The highest BCUT2D eigenvalue weighted by Crippen LogP contribution is 2.46. The summed E-state index contributed by atoms with van der Waals surface area (Å²) in [7, 11) is -3.88. The molecular weight excluding hydrogens is 703 g/mol. The fraction of sp³-hybridized carbons (Fsp3) is 0.632. The van der Waals surface area contributed by atoms with Crippen LogP contribution >= 0.6 is 0 Å². The zero-order valence-electron chi connectivity index (χ0n) is 32.1. The second-order valence-electron chi connectivity index (χ2n) is 15.4. The average Bonchev–Trinajstić information content (AvgIpc) is 3.97. The number of carbonyl (C=O) groups is 5. The summed E-state index contributed by atoms with van der Waals surface area (Å²) in [5.74, 6) is -2.68. The minimum Gasteiger partial charge on any atom is -0.449 e. The van der Waals surface area contributed by atoms with Crippen molar-refractivity contribution < 1.29 is 41.9 Å². The molecule has 1 heterocycles. The molecule has 0 aromatic carbocycles. The zero-order chi connectivity index (χ0) is 37.9. The van der Waals surface area contributed by atoms with Crippen LogP contribution in [0.1, 0.15) is 99.3 Å². The van der Waals surface area contributed by atoms with E-state index < -0.39 is 68.2 Å². The van der Waals surface area contributed by atoms with Crippen molar-refractivity contribution in [1.29, 1.82) is 0 Å². The van der Waals surface area contributed by atoms with Gasteiger partial charge in [0.1, 0.15) is 24.2 Å². The lowest BCUT2D eigenvalue weighted by Gasteiger charge is -2.32. The molecule has 53 heavy (non-hydrogen) atoms. The molecule has 0 aromatic heterocycles. The molecule has 4 atom stereocenters. The van der Waals surface area contributed by atoms with Gasteiger partial charge in [0.15, 0.2) is 0 Å². The number of rotatable bonds is 6. The maximum Gasteiger partial charge on any atom is 0.407 e. The summed E-state index contributed by atoms with van der Waals surface area (Å²) in [5, 5.41) is 9.88. The zero-order valence-corrected chi connectivity index (χ0v) is 32.9. The number of hydrogen-bond donors (Lipinski definition) is 5. The lowest BCUT2D eigenvalue weighted by molar-refractivity contribution is -0.134. The number of sulfonamides is 1. The highest BCUT2D eigenvalue weighted by molar-refractivity contribution is 7.91. The number of amides is 5. The predicted octanol–water partition coefficient (Wildman–Crippen LogP) is 4.71. The molecule has 2 aliphatic carbocycles. The molecule has 3 rings (SSSR count). The normalized spacial score (nSPS) is 26.5. The van der Waals surface area contributed by atoms with Crippen LogP contribution in [0.15, 0.2) is 36.5 Å². The van der Waals surface area contributed by atoms with E-state index in [1.807, 2.05) is 39.0 Å². The van der Waals surface area contributed by atoms with Crippen LogP contribution in [-0.4, -0.2) is 74.3 Å². The molecule has 297 valence electrons. The van der Waals surface area contributed by atoms with Gasteiger partial charge in [-0.3, -0.25) is 19.1 Å². The number of ether oxygens (including phenoxy) is 2. The first kappa shape index (κ1) is 47.1. The molecule has 2 fully saturated rings. The molecule has 5 N–H and O–H groups in total. The predicted molar refractivity (Wildman–Crippen MR) is 203 cm³/mol. The Hall–Kier alpha value is -3.88. The van der Waals surface area contributed by atoms with Crippen molar-refractivity contribution in [3.8, 4) is 0 Å². The molecule has 0 saturated heterocycles. The Labute approximate surface area is 317 Å². The molecule has 2 saturated carbocycles. The van der Waals surface area contributed by atoms with Crippen LogP contribution in [0, 0.1) is 38.2 Å². The van der Waals surface area contributed by atoms with E-state index in [-0.39, 0.29) is 52.2 Å². The van der Waals surface area contributed by atoms with Gasteiger partial charge in [0.05, 0.1) is 11.9 Å². The van der Waals surface area contributed by atoms with Crippen LogP contribution in [0.5, 0.6) is 0 Å². The molecule has 0 bridgehead atoms. The Bertz CT molecular complexity index is 1460. The molecule has 3 aliphatic rings. The van der Waals surface area contributed by atoms with Crippen molar-refractivity contribution in [2.24, 2.45) is 16.7 Å².